The minimum Gasteiger partial charge on any atom is -0.366 e. The van der Waals surface area contributed by atoms with Crippen molar-refractivity contribution >= 4 is 11.4 Å². The number of nitrogens with zero attached hydrogens (tertiary/aromatic N) is 3. The van der Waals surface area contributed by atoms with Crippen molar-refractivity contribution in [2.75, 3.05) is 0 Å². The Morgan fingerprint density at radius 2 is 1.83 bits per heavy atom. The van der Waals surface area contributed by atoms with Crippen molar-refractivity contribution < 1.29 is 4.79 Å². The number of nitrogens with two attached hydrogens (primary N) is 1. The molecule has 5 heteroatoms. The molecule has 1 amide bonds. The molecule has 0 radical (unpaired) electrons. The van der Waals surface area contributed by atoms with Gasteiger partial charge in [-0.2, -0.15) is 0 Å². The molecule has 4 rings (SSSR count). The van der Waals surface area contributed by atoms with Gasteiger partial charge in [0.2, 0.25) is 5.91 Å². The molecule has 5 nitrogen and oxygen atoms in total. The van der Waals surface area contributed by atoms with Gasteiger partial charge in [-0.3, -0.25) is 9.78 Å². The number of aromatic nitrogens is 3. The second kappa shape index (κ2) is 5.62. The Kier molecular flexibility index (Phi) is 3.31. The van der Waals surface area contributed by atoms with E-state index in [1.54, 1.807) is 24.7 Å². The fourth-order valence-electron chi connectivity index (χ4n) is 2.80. The number of amides is 1. The van der Waals surface area contributed by atoms with Crippen LogP contribution in [-0.2, 0) is 0 Å². The highest BCUT2D eigenvalue weighted by Gasteiger charge is 2.10. The van der Waals surface area contributed by atoms with Crippen LogP contribution in [-0.4, -0.2) is 20.3 Å². The van der Waals surface area contributed by atoms with Crippen LogP contribution in [0, 0.1) is 0 Å². The van der Waals surface area contributed by atoms with Gasteiger partial charge in [0, 0.05) is 35.3 Å². The molecule has 116 valence electrons. The van der Waals surface area contributed by atoms with Crippen molar-refractivity contribution in [3.05, 3.63) is 79.1 Å². The molecule has 0 aliphatic rings. The minimum atomic E-state index is -0.437. The number of primary amides is 1. The van der Waals surface area contributed by atoms with Crippen LogP contribution in [0.1, 0.15) is 10.4 Å². The summed E-state index contributed by atoms with van der Waals surface area (Å²) >= 11 is 0. The van der Waals surface area contributed by atoms with Gasteiger partial charge in [-0.05, 0) is 35.4 Å². The molecule has 0 saturated carbocycles. The normalized spacial score (nSPS) is 10.8. The molecule has 0 atom stereocenters. The van der Waals surface area contributed by atoms with Gasteiger partial charge >= 0.3 is 0 Å². The number of hydrogen-bond donors (Lipinski definition) is 1. The summed E-state index contributed by atoms with van der Waals surface area (Å²) in [6.07, 6.45) is 9.15. The van der Waals surface area contributed by atoms with Gasteiger partial charge < -0.3 is 10.1 Å². The van der Waals surface area contributed by atoms with E-state index in [4.69, 9.17) is 5.73 Å². The first kappa shape index (κ1) is 14.1. The molecule has 2 N–H and O–H groups in total. The van der Waals surface area contributed by atoms with E-state index in [0.717, 1.165) is 27.8 Å². The molecular weight excluding hydrogens is 300 g/mol. The Labute approximate surface area is 138 Å². The first-order chi connectivity index (χ1) is 11.7. The van der Waals surface area contributed by atoms with E-state index in [1.807, 2.05) is 47.3 Å². The average molecular weight is 314 g/mol. The maximum Gasteiger partial charge on any atom is 0.248 e. The molecule has 4 aromatic rings. The molecule has 0 bridgehead atoms. The summed E-state index contributed by atoms with van der Waals surface area (Å²) in [5, 5.41) is 0. The van der Waals surface area contributed by atoms with Gasteiger partial charge in [-0.25, -0.2) is 4.98 Å². The number of carbonyl (C=O) groups excluding carboxylic acids is 1. The van der Waals surface area contributed by atoms with Crippen LogP contribution >= 0.6 is 0 Å². The predicted octanol–water partition coefficient (Wildman–Crippen LogP) is 3.16. The summed E-state index contributed by atoms with van der Waals surface area (Å²) in [6.45, 7) is 0. The quantitative estimate of drug-likeness (QED) is 0.631. The van der Waals surface area contributed by atoms with E-state index in [-0.39, 0.29) is 0 Å². The summed E-state index contributed by atoms with van der Waals surface area (Å²) in [7, 11) is 0. The lowest BCUT2D eigenvalue weighted by Crippen LogP contribution is -2.10. The first-order valence-corrected chi connectivity index (χ1v) is 7.49. The van der Waals surface area contributed by atoms with E-state index in [2.05, 4.69) is 16.0 Å². The van der Waals surface area contributed by atoms with Crippen LogP contribution in [0.5, 0.6) is 0 Å². The van der Waals surface area contributed by atoms with Gasteiger partial charge in [0.05, 0.1) is 18.0 Å². The molecule has 24 heavy (non-hydrogen) atoms. The van der Waals surface area contributed by atoms with Gasteiger partial charge in [-0.1, -0.05) is 18.2 Å². The van der Waals surface area contributed by atoms with E-state index < -0.39 is 5.91 Å². The Hall–Kier alpha value is -3.47. The van der Waals surface area contributed by atoms with Crippen molar-refractivity contribution in [2.45, 2.75) is 0 Å². The number of imidazole rings is 1. The Morgan fingerprint density at radius 1 is 0.958 bits per heavy atom. The first-order valence-electron chi connectivity index (χ1n) is 7.49. The van der Waals surface area contributed by atoms with Crippen LogP contribution in [0.4, 0.5) is 0 Å². The lowest BCUT2D eigenvalue weighted by molar-refractivity contribution is 0.100. The smallest absolute Gasteiger partial charge is 0.248 e. The second-order valence-corrected chi connectivity index (χ2v) is 5.52. The van der Waals surface area contributed by atoms with Crippen molar-refractivity contribution in [3.8, 4) is 22.3 Å². The second-order valence-electron chi connectivity index (χ2n) is 5.52. The zero-order valence-corrected chi connectivity index (χ0v) is 12.8. The molecule has 3 heterocycles. The standard InChI is InChI=1S/C19H14N4O/c20-19(24)14-4-1-3-13(7-14)16-8-17(15-5-2-6-21-9-15)18-10-22-12-23(18)11-16/h1-12H,(H2,20,24). The van der Waals surface area contributed by atoms with Crippen LogP contribution in [0.3, 0.4) is 0 Å². The number of hydrogen-bond acceptors (Lipinski definition) is 3. The van der Waals surface area contributed by atoms with Crippen LogP contribution < -0.4 is 5.73 Å². The number of rotatable bonds is 3. The number of benzene rings is 1. The molecule has 0 unspecified atom stereocenters. The number of fused-ring (bicyclic) bond motifs is 1. The number of carbonyl (C=O) groups is 1. The molecule has 0 aliphatic carbocycles. The Bertz CT molecular complexity index is 1040. The van der Waals surface area contributed by atoms with E-state index >= 15 is 0 Å². The molecular formula is C19H14N4O. The molecule has 0 aliphatic heterocycles. The Balaban J connectivity index is 1.94. The maximum absolute atomic E-state index is 11.4. The van der Waals surface area contributed by atoms with Gasteiger partial charge in [0.25, 0.3) is 0 Å². The lowest BCUT2D eigenvalue weighted by Gasteiger charge is -2.10. The molecule has 3 aromatic heterocycles. The fraction of sp³-hybridized carbons (Fsp3) is 0. The Morgan fingerprint density at radius 3 is 2.62 bits per heavy atom. The fourth-order valence-corrected chi connectivity index (χ4v) is 2.80. The van der Waals surface area contributed by atoms with Crippen LogP contribution in [0.2, 0.25) is 0 Å². The highest BCUT2D eigenvalue weighted by atomic mass is 16.1. The summed E-state index contributed by atoms with van der Waals surface area (Å²) in [6, 6.07) is 13.3. The van der Waals surface area contributed by atoms with Gasteiger partial charge in [0.1, 0.15) is 0 Å². The predicted molar refractivity (Wildman–Crippen MR) is 92.4 cm³/mol. The zero-order chi connectivity index (χ0) is 16.5. The van der Waals surface area contributed by atoms with Crippen molar-refractivity contribution in [3.63, 3.8) is 0 Å². The molecule has 1 aromatic carbocycles. The number of pyridine rings is 2. The van der Waals surface area contributed by atoms with Gasteiger partial charge in [-0.15, -0.1) is 0 Å². The van der Waals surface area contributed by atoms with Crippen LogP contribution in [0.15, 0.2) is 73.6 Å². The summed E-state index contributed by atoms with van der Waals surface area (Å²) in [5.74, 6) is -0.437. The van der Waals surface area contributed by atoms with Crippen molar-refractivity contribution in [1.82, 2.24) is 14.4 Å². The maximum atomic E-state index is 11.4. The molecule has 0 spiro atoms. The van der Waals surface area contributed by atoms with E-state index in [0.29, 0.717) is 5.56 Å². The topological polar surface area (TPSA) is 73.3 Å². The lowest BCUT2D eigenvalue weighted by atomic mass is 10.00. The van der Waals surface area contributed by atoms with E-state index in [9.17, 15) is 4.79 Å². The highest BCUT2D eigenvalue weighted by Crippen LogP contribution is 2.30. The molecule has 0 fully saturated rings. The summed E-state index contributed by atoms with van der Waals surface area (Å²) in [4.78, 5) is 19.9. The highest BCUT2D eigenvalue weighted by molar-refractivity contribution is 5.94. The third-order valence-electron chi connectivity index (χ3n) is 3.97. The van der Waals surface area contributed by atoms with Crippen LogP contribution in [0.25, 0.3) is 27.8 Å². The van der Waals surface area contributed by atoms with Crippen molar-refractivity contribution in [2.24, 2.45) is 5.73 Å². The zero-order valence-electron chi connectivity index (χ0n) is 12.8. The third kappa shape index (κ3) is 2.42. The summed E-state index contributed by atoms with van der Waals surface area (Å²) < 4.78 is 1.97. The SMILES string of the molecule is NC(=O)c1cccc(-c2cc(-c3cccnc3)c3cncn3c2)c1. The summed E-state index contributed by atoms with van der Waals surface area (Å²) in [5.41, 5.74) is 10.8. The largest absolute Gasteiger partial charge is 0.366 e. The average Bonchev–Trinajstić information content (AvgIpc) is 3.10. The van der Waals surface area contributed by atoms with Gasteiger partial charge in [0.15, 0.2) is 0 Å². The monoisotopic (exact) mass is 314 g/mol. The third-order valence-corrected chi connectivity index (χ3v) is 3.97. The van der Waals surface area contributed by atoms with E-state index in [1.165, 1.54) is 0 Å². The minimum absolute atomic E-state index is 0.437. The van der Waals surface area contributed by atoms with Crippen molar-refractivity contribution in [1.29, 1.82) is 0 Å². The molecule has 0 saturated heterocycles.